The highest BCUT2D eigenvalue weighted by Gasteiger charge is 2.65. The molecule has 0 amide bonds. The summed E-state index contributed by atoms with van der Waals surface area (Å²) in [6, 6.07) is 34.2. The Kier molecular flexibility index (Phi) is 6.71. The highest BCUT2D eigenvalue weighted by molar-refractivity contribution is 8.45. The topological polar surface area (TPSA) is 3.24 Å². The van der Waals surface area contributed by atoms with Gasteiger partial charge in [0, 0.05) is 28.2 Å². The van der Waals surface area contributed by atoms with Crippen molar-refractivity contribution in [3.63, 3.8) is 0 Å². The molecule has 0 aliphatic heterocycles. The lowest BCUT2D eigenvalue weighted by Crippen LogP contribution is -2.09. The predicted molar refractivity (Wildman–Crippen MR) is 155 cm³/mol. The Balaban J connectivity index is 1.31. The molecule has 0 aliphatic rings. The molecule has 0 radical (unpaired) electrons. The average Bonchev–Trinajstić information content (AvgIpc) is 3.40. The number of rotatable bonds is 4. The number of nitrogens with zero attached hydrogens (tertiary/aromatic N) is 1. The SMILES string of the molecule is FS(F)(F)(F)(F)c1ccc(C#Cc2ccc(C#Cc3ccc(N(c4ccccc4)c4ccccc4)cc3)s2)cc1. The van der Waals surface area contributed by atoms with Gasteiger partial charge in [-0.3, -0.25) is 0 Å². The van der Waals surface area contributed by atoms with Gasteiger partial charge >= 0.3 is 10.2 Å². The molecule has 0 fully saturated rings. The minimum atomic E-state index is -9.69. The van der Waals surface area contributed by atoms with E-state index in [1.54, 1.807) is 12.1 Å². The van der Waals surface area contributed by atoms with Crippen molar-refractivity contribution in [1.29, 1.82) is 0 Å². The van der Waals surface area contributed by atoms with Gasteiger partial charge in [-0.1, -0.05) is 79.5 Å². The lowest BCUT2D eigenvalue weighted by atomic mass is 10.1. The monoisotopic (exact) mass is 577 g/mol. The summed E-state index contributed by atoms with van der Waals surface area (Å²) < 4.78 is 64.4. The summed E-state index contributed by atoms with van der Waals surface area (Å²) in [4.78, 5) is 1.64. The Hall–Kier alpha value is -4.50. The summed E-state index contributed by atoms with van der Waals surface area (Å²) >= 11 is 1.33. The minimum absolute atomic E-state index is 0.201. The number of hydrogen-bond acceptors (Lipinski definition) is 2. The predicted octanol–water partition coefficient (Wildman–Crippen LogP) is 10.7. The van der Waals surface area contributed by atoms with Crippen molar-refractivity contribution in [3.8, 4) is 23.7 Å². The summed E-state index contributed by atoms with van der Waals surface area (Å²) in [5.41, 5.74) is 4.09. The van der Waals surface area contributed by atoms with Crippen LogP contribution in [0.15, 0.2) is 126 Å². The fourth-order valence-electron chi connectivity index (χ4n) is 3.83. The van der Waals surface area contributed by atoms with E-state index in [-0.39, 0.29) is 5.56 Å². The molecule has 0 aliphatic carbocycles. The maximum Gasteiger partial charge on any atom is 0.310 e. The van der Waals surface area contributed by atoms with E-state index in [9.17, 15) is 19.4 Å². The number of para-hydroxylation sites is 2. The molecule has 0 saturated carbocycles. The van der Waals surface area contributed by atoms with Crippen LogP contribution >= 0.6 is 21.6 Å². The fraction of sp³-hybridized carbons (Fsp3) is 0. The molecule has 0 bridgehead atoms. The van der Waals surface area contributed by atoms with Gasteiger partial charge in [-0.2, -0.15) is 0 Å². The van der Waals surface area contributed by atoms with Crippen molar-refractivity contribution >= 4 is 38.6 Å². The lowest BCUT2D eigenvalue weighted by molar-refractivity contribution is 0.364. The van der Waals surface area contributed by atoms with Gasteiger partial charge in [0.25, 0.3) is 0 Å². The first kappa shape index (κ1) is 27.1. The van der Waals surface area contributed by atoms with Crippen LogP contribution in [0.4, 0.5) is 36.5 Å². The summed E-state index contributed by atoms with van der Waals surface area (Å²) in [5, 5.41) is 0. The molecule has 0 unspecified atom stereocenters. The first-order chi connectivity index (χ1) is 18.9. The molecule has 200 valence electrons. The van der Waals surface area contributed by atoms with E-state index in [0.29, 0.717) is 17.0 Å². The first-order valence-electron chi connectivity index (χ1n) is 11.9. The zero-order chi connectivity index (χ0) is 28.3. The Labute approximate surface area is 233 Å². The highest BCUT2D eigenvalue weighted by atomic mass is 32.5. The van der Waals surface area contributed by atoms with Gasteiger partial charge in [0.2, 0.25) is 0 Å². The third kappa shape index (κ3) is 6.73. The third-order valence-electron chi connectivity index (χ3n) is 5.72. The molecule has 0 N–H and O–H groups in total. The summed E-state index contributed by atoms with van der Waals surface area (Å²) in [6.07, 6.45) is 0. The largest absolute Gasteiger partial charge is 0.311 e. The second-order valence-electron chi connectivity index (χ2n) is 8.71. The number of anilines is 3. The van der Waals surface area contributed by atoms with Crippen LogP contribution in [0.3, 0.4) is 0 Å². The number of thiophene rings is 1. The van der Waals surface area contributed by atoms with Gasteiger partial charge in [0.05, 0.1) is 9.75 Å². The Morgan fingerprint density at radius 2 is 0.850 bits per heavy atom. The van der Waals surface area contributed by atoms with Crippen LogP contribution in [-0.4, -0.2) is 0 Å². The summed E-state index contributed by atoms with van der Waals surface area (Å²) in [5.74, 6) is 11.8. The maximum atomic E-state index is 12.9. The van der Waals surface area contributed by atoms with Crippen molar-refractivity contribution in [3.05, 3.63) is 142 Å². The van der Waals surface area contributed by atoms with Gasteiger partial charge in [-0.25, -0.2) is 0 Å². The van der Waals surface area contributed by atoms with E-state index in [2.05, 4.69) is 52.8 Å². The van der Waals surface area contributed by atoms with E-state index >= 15 is 0 Å². The van der Waals surface area contributed by atoms with E-state index < -0.39 is 15.1 Å². The van der Waals surface area contributed by atoms with Crippen LogP contribution in [0.25, 0.3) is 0 Å². The smallest absolute Gasteiger partial charge is 0.310 e. The summed E-state index contributed by atoms with van der Waals surface area (Å²) in [6.45, 7) is 0. The molecule has 1 aromatic heterocycles. The van der Waals surface area contributed by atoms with Crippen molar-refractivity contribution in [2.75, 3.05) is 4.90 Å². The molecule has 0 atom stereocenters. The van der Waals surface area contributed by atoms with Gasteiger partial charge in [-0.05, 0) is 84.9 Å². The average molecular weight is 578 g/mol. The minimum Gasteiger partial charge on any atom is -0.311 e. The molecule has 5 rings (SSSR count). The molecule has 40 heavy (non-hydrogen) atoms. The van der Waals surface area contributed by atoms with Crippen LogP contribution in [0.1, 0.15) is 20.9 Å². The van der Waals surface area contributed by atoms with Crippen molar-refractivity contribution in [2.45, 2.75) is 4.90 Å². The zero-order valence-corrected chi connectivity index (χ0v) is 22.3. The van der Waals surface area contributed by atoms with E-state index in [4.69, 9.17) is 0 Å². The van der Waals surface area contributed by atoms with E-state index in [0.717, 1.165) is 39.6 Å². The number of halogens is 5. The van der Waals surface area contributed by atoms with Gasteiger partial charge in [0.1, 0.15) is 4.90 Å². The summed E-state index contributed by atoms with van der Waals surface area (Å²) in [7, 11) is -9.69. The van der Waals surface area contributed by atoms with Crippen molar-refractivity contribution < 1.29 is 19.4 Å². The number of hydrogen-bond donors (Lipinski definition) is 0. The van der Waals surface area contributed by atoms with E-state index in [1.807, 2.05) is 60.7 Å². The Bertz CT molecular complexity index is 1720. The molecule has 0 spiro atoms. The molecular weight excluding hydrogens is 557 g/mol. The maximum absolute atomic E-state index is 12.9. The molecule has 5 aromatic rings. The molecular formula is C32H20F5NS2. The van der Waals surface area contributed by atoms with Gasteiger partial charge < -0.3 is 4.90 Å². The standard InChI is InChI=1S/C32H20F5NS2/c33-40(34,35,36,37)32-23-15-26(16-24-32)14-20-31-22-21-30(39-31)19-13-25-11-17-29(18-12-25)38(27-7-3-1-4-8-27)28-9-5-2-6-10-28/h1-12,15-18,21-24H. The van der Waals surface area contributed by atoms with Crippen molar-refractivity contribution in [1.82, 2.24) is 0 Å². The normalized spacial score (nSPS) is 12.6. The Morgan fingerprint density at radius 3 is 1.27 bits per heavy atom. The van der Waals surface area contributed by atoms with Crippen LogP contribution in [0, 0.1) is 23.7 Å². The second-order valence-corrected chi connectivity index (χ2v) is 12.2. The third-order valence-corrected chi connectivity index (χ3v) is 7.80. The van der Waals surface area contributed by atoms with Gasteiger partial charge in [-0.15, -0.1) is 11.3 Å². The van der Waals surface area contributed by atoms with Crippen LogP contribution in [0.5, 0.6) is 0 Å². The van der Waals surface area contributed by atoms with Gasteiger partial charge in [0.15, 0.2) is 0 Å². The first-order valence-corrected chi connectivity index (χ1v) is 14.7. The zero-order valence-electron chi connectivity index (χ0n) is 20.7. The van der Waals surface area contributed by atoms with E-state index in [1.165, 1.54) is 11.3 Å². The second kappa shape index (κ2) is 9.91. The molecule has 0 saturated heterocycles. The Morgan fingerprint density at radius 1 is 0.450 bits per heavy atom. The quantitative estimate of drug-likeness (QED) is 0.152. The molecule has 1 heterocycles. The number of benzene rings is 4. The lowest BCUT2D eigenvalue weighted by Gasteiger charge is -2.40. The van der Waals surface area contributed by atoms with Crippen LogP contribution in [0.2, 0.25) is 0 Å². The highest BCUT2D eigenvalue weighted by Crippen LogP contribution is 3.02. The van der Waals surface area contributed by atoms with Crippen LogP contribution in [-0.2, 0) is 0 Å². The molecule has 4 aromatic carbocycles. The molecule has 8 heteroatoms. The van der Waals surface area contributed by atoms with Crippen molar-refractivity contribution in [2.24, 2.45) is 0 Å². The van der Waals surface area contributed by atoms with Crippen LogP contribution < -0.4 is 4.90 Å². The molecule has 1 nitrogen and oxygen atoms in total. The fourth-order valence-corrected chi connectivity index (χ4v) is 5.19.